The highest BCUT2D eigenvalue weighted by Crippen LogP contribution is 2.30. The Morgan fingerprint density at radius 3 is 2.20 bits per heavy atom. The lowest BCUT2D eigenvalue weighted by atomic mass is 9.90. The number of aldehydes is 1. The number of carbonyl (C=O) groups is 1. The lowest BCUT2D eigenvalue weighted by Gasteiger charge is -2.21. The summed E-state index contributed by atoms with van der Waals surface area (Å²) in [6, 6.07) is 24.9. The van der Waals surface area contributed by atoms with Gasteiger partial charge in [0.05, 0.1) is 18.8 Å². The van der Waals surface area contributed by atoms with Crippen molar-refractivity contribution >= 4 is 53.3 Å². The first-order valence-electron chi connectivity index (χ1n) is 16.3. The van der Waals surface area contributed by atoms with E-state index >= 15 is 0 Å². The first-order valence-corrected chi connectivity index (χ1v) is 17.4. The largest absolute Gasteiger partial charge is 0.493 e. The average molecular weight is 720 g/mol. The fourth-order valence-corrected chi connectivity index (χ4v) is 5.91. The number of anilines is 1. The fraction of sp³-hybridized carbons (Fsp3) is 0.282. The molecule has 0 unspecified atom stereocenters. The standard InChI is InChI=1S/C38H39Cl2N3O2.CH5N.OS/c1-2-36(40)35(9-6-22-39)37-26-43(33-18-16-32(17-19-33)41-23-24-44)38(42-37)25-28-10-12-30(13-11-28)31-14-20-34(21-15-31)45-27-29-7-4-3-5-8-29;2*1-2/h2,6,9-22,24,26,29,41H,3-5,7-8,23,25,27H2,1H3;2H2,1H3;/b22-6+,35-9+,36-2+;;. The van der Waals surface area contributed by atoms with E-state index in [0.29, 0.717) is 17.4 Å². The van der Waals surface area contributed by atoms with Gasteiger partial charge in [-0.15, -0.1) is 0 Å². The maximum Gasteiger partial charge on any atom is 0.197 e. The van der Waals surface area contributed by atoms with E-state index in [0.717, 1.165) is 63.8 Å². The van der Waals surface area contributed by atoms with E-state index in [-0.39, 0.29) is 6.54 Å². The van der Waals surface area contributed by atoms with Gasteiger partial charge in [0.2, 0.25) is 0 Å². The molecule has 0 radical (unpaired) electrons. The quantitative estimate of drug-likeness (QED) is 0.105. The number of ether oxygens (including phenoxy) is 1. The number of allylic oxidation sites excluding steroid dienone is 5. The van der Waals surface area contributed by atoms with Gasteiger partial charge in [-0.1, -0.05) is 97.1 Å². The average Bonchev–Trinajstić information content (AvgIpc) is 3.59. The van der Waals surface area contributed by atoms with Crippen LogP contribution in [0.5, 0.6) is 5.75 Å². The van der Waals surface area contributed by atoms with E-state index in [1.807, 2.05) is 49.5 Å². The normalized spacial score (nSPS) is 13.6. The fourth-order valence-electron chi connectivity index (χ4n) is 5.68. The van der Waals surface area contributed by atoms with Crippen molar-refractivity contribution in [3.8, 4) is 22.6 Å². The van der Waals surface area contributed by atoms with Gasteiger partial charge in [-0.25, -0.2) is 4.98 Å². The summed E-state index contributed by atoms with van der Waals surface area (Å²) in [5.41, 5.74) is 12.7. The van der Waals surface area contributed by atoms with Crippen LogP contribution in [0.2, 0.25) is 0 Å². The first kappa shape index (κ1) is 39.4. The third-order valence-electron chi connectivity index (χ3n) is 8.15. The van der Waals surface area contributed by atoms with Gasteiger partial charge in [-0.2, -0.15) is 4.21 Å². The molecule has 1 aromatic heterocycles. The molecule has 10 heteroatoms. The molecule has 7 nitrogen and oxygen atoms in total. The van der Waals surface area contributed by atoms with Crippen molar-refractivity contribution in [3.63, 3.8) is 0 Å². The molecule has 0 saturated heterocycles. The zero-order valence-corrected chi connectivity index (χ0v) is 30.3. The van der Waals surface area contributed by atoms with E-state index in [1.165, 1.54) is 44.7 Å². The molecule has 49 heavy (non-hydrogen) atoms. The van der Waals surface area contributed by atoms with Crippen molar-refractivity contribution in [1.82, 2.24) is 9.55 Å². The Morgan fingerprint density at radius 2 is 1.61 bits per heavy atom. The van der Waals surface area contributed by atoms with E-state index in [4.69, 9.17) is 37.1 Å². The molecule has 5 rings (SSSR count). The van der Waals surface area contributed by atoms with Crippen LogP contribution < -0.4 is 15.8 Å². The van der Waals surface area contributed by atoms with Gasteiger partial charge >= 0.3 is 0 Å². The van der Waals surface area contributed by atoms with Crippen LogP contribution in [0.15, 0.2) is 108 Å². The monoisotopic (exact) mass is 718 g/mol. The topological polar surface area (TPSA) is 99.2 Å². The third kappa shape index (κ3) is 11.8. The zero-order valence-electron chi connectivity index (χ0n) is 28.0. The number of imidazole rings is 1. The summed E-state index contributed by atoms with van der Waals surface area (Å²) >= 11 is 15.3. The zero-order chi connectivity index (χ0) is 35.4. The number of aromatic nitrogens is 2. The molecule has 0 atom stereocenters. The lowest BCUT2D eigenvalue weighted by molar-refractivity contribution is -0.106. The number of halogens is 2. The van der Waals surface area contributed by atoms with Crippen molar-refractivity contribution in [2.24, 2.45) is 11.7 Å². The molecule has 1 heterocycles. The molecule has 0 aliphatic heterocycles. The number of hydrogen-bond acceptors (Lipinski definition) is 7. The van der Waals surface area contributed by atoms with Gasteiger partial charge in [0, 0.05) is 40.1 Å². The van der Waals surface area contributed by atoms with Gasteiger partial charge in [0.15, 0.2) is 12.5 Å². The van der Waals surface area contributed by atoms with Gasteiger partial charge in [-0.3, -0.25) is 0 Å². The van der Waals surface area contributed by atoms with Crippen molar-refractivity contribution in [1.29, 1.82) is 0 Å². The van der Waals surface area contributed by atoms with Gasteiger partial charge in [0.1, 0.15) is 17.9 Å². The number of hydrogen-bond donors (Lipinski definition) is 2. The Morgan fingerprint density at radius 1 is 0.980 bits per heavy atom. The lowest BCUT2D eigenvalue weighted by Crippen LogP contribution is -2.15. The predicted octanol–water partition coefficient (Wildman–Crippen LogP) is 9.22. The molecule has 1 fully saturated rings. The van der Waals surface area contributed by atoms with E-state index < -0.39 is 0 Å². The first-order chi connectivity index (χ1) is 24.1. The Balaban J connectivity index is 0.00000157. The number of nitrogens with zero attached hydrogens (tertiary/aromatic N) is 2. The summed E-state index contributed by atoms with van der Waals surface area (Å²) < 4.78 is 16.0. The van der Waals surface area contributed by atoms with E-state index in [9.17, 15) is 4.79 Å². The summed E-state index contributed by atoms with van der Waals surface area (Å²) in [5, 5.41) is 3.67. The molecule has 3 aromatic carbocycles. The van der Waals surface area contributed by atoms with Crippen LogP contribution in [0.4, 0.5) is 5.69 Å². The van der Waals surface area contributed by atoms with E-state index in [2.05, 4.69) is 76.7 Å². The van der Waals surface area contributed by atoms with Crippen LogP contribution in [0.3, 0.4) is 0 Å². The van der Waals surface area contributed by atoms with Crippen LogP contribution in [0, 0.1) is 5.92 Å². The smallest absolute Gasteiger partial charge is 0.197 e. The number of nitrogens with one attached hydrogen (secondary N) is 1. The molecule has 258 valence electrons. The SMILES string of the molecule is CN.C\C=C(Cl)/C(=C\C=C\Cl)c1cn(-c2ccc(NCC=O)cc2)c(Cc2ccc(-c3ccc(OCC4CCCCC4)cc3)cc2)n1.O=S. The van der Waals surface area contributed by atoms with Crippen LogP contribution in [0.1, 0.15) is 56.1 Å². The highest BCUT2D eigenvalue weighted by Gasteiger charge is 2.16. The highest BCUT2D eigenvalue weighted by atomic mass is 35.5. The predicted molar refractivity (Wildman–Crippen MR) is 206 cm³/mol. The minimum Gasteiger partial charge on any atom is -0.493 e. The molecule has 0 amide bonds. The van der Waals surface area contributed by atoms with Crippen molar-refractivity contribution in [3.05, 3.63) is 125 Å². The molecule has 0 spiro atoms. The van der Waals surface area contributed by atoms with Crippen LogP contribution in [-0.4, -0.2) is 40.2 Å². The summed E-state index contributed by atoms with van der Waals surface area (Å²) in [7, 11) is 1.50. The van der Waals surface area contributed by atoms with Crippen molar-refractivity contribution in [2.75, 3.05) is 25.5 Å². The summed E-state index contributed by atoms with van der Waals surface area (Å²) in [6.07, 6.45) is 15.5. The Bertz CT molecular complexity index is 1660. The Kier molecular flexibility index (Phi) is 17.5. The molecule has 1 saturated carbocycles. The maximum absolute atomic E-state index is 10.8. The van der Waals surface area contributed by atoms with Crippen molar-refractivity contribution < 1.29 is 13.7 Å². The highest BCUT2D eigenvalue weighted by molar-refractivity contribution is 7.44. The second kappa shape index (κ2) is 21.8. The van der Waals surface area contributed by atoms with Gasteiger partial charge in [0.25, 0.3) is 0 Å². The number of benzene rings is 3. The van der Waals surface area contributed by atoms with Crippen LogP contribution in [-0.2, 0) is 23.7 Å². The van der Waals surface area contributed by atoms with Gasteiger partial charge < -0.3 is 25.1 Å². The minimum atomic E-state index is 0.262. The Hall–Kier alpha value is -4.08. The van der Waals surface area contributed by atoms with Crippen LogP contribution in [0.25, 0.3) is 22.4 Å². The van der Waals surface area contributed by atoms with Crippen LogP contribution >= 0.6 is 23.2 Å². The third-order valence-corrected chi connectivity index (χ3v) is 8.72. The van der Waals surface area contributed by atoms with Crippen molar-refractivity contribution in [2.45, 2.75) is 45.4 Å². The summed E-state index contributed by atoms with van der Waals surface area (Å²) in [5.74, 6) is 2.49. The summed E-state index contributed by atoms with van der Waals surface area (Å²) in [6.45, 7) is 2.97. The molecular formula is C39H44Cl2N4O3S. The molecule has 4 aromatic rings. The van der Waals surface area contributed by atoms with E-state index in [1.54, 1.807) is 6.08 Å². The number of rotatable bonds is 13. The minimum absolute atomic E-state index is 0.262. The maximum atomic E-state index is 10.8. The number of carbonyl (C=O) groups excluding carboxylic acids is 1. The molecule has 0 bridgehead atoms. The molecular weight excluding hydrogens is 675 g/mol. The van der Waals surface area contributed by atoms with Gasteiger partial charge in [-0.05, 0) is 85.8 Å². The second-order valence-electron chi connectivity index (χ2n) is 11.3. The molecule has 1 aliphatic carbocycles. The molecule has 1 aliphatic rings. The molecule has 3 N–H and O–H groups in total. The number of nitrogens with two attached hydrogens (primary N) is 1. The Labute approximate surface area is 305 Å². The summed E-state index contributed by atoms with van der Waals surface area (Å²) in [4.78, 5) is 15.8. The second-order valence-corrected chi connectivity index (χ2v) is 11.9.